The molecule has 23 heavy (non-hydrogen) atoms. The van der Waals surface area contributed by atoms with Crippen molar-refractivity contribution in [3.05, 3.63) is 35.6 Å². The van der Waals surface area contributed by atoms with Crippen molar-refractivity contribution in [3.63, 3.8) is 0 Å². The molecule has 0 aliphatic carbocycles. The molecule has 1 aromatic carbocycles. The summed E-state index contributed by atoms with van der Waals surface area (Å²) < 4.78 is 13.2. The van der Waals surface area contributed by atoms with Crippen molar-refractivity contribution in [2.24, 2.45) is 11.8 Å². The van der Waals surface area contributed by atoms with Crippen LogP contribution in [0.2, 0.25) is 0 Å². The minimum Gasteiger partial charge on any atom is -0.342 e. The zero-order valence-corrected chi connectivity index (χ0v) is 14.4. The van der Waals surface area contributed by atoms with E-state index in [9.17, 15) is 9.18 Å². The molecular formula is C19H29FN2O. The standard InChI is InChI=1S/C19H29FN2O/c1-3-21-14-17-9-11-22(12-10-17)19(23)15(2)7-8-16-5-4-6-18(20)13-16/h4-6,13,15,17,21H,3,7-12,14H2,1-2H3. The summed E-state index contributed by atoms with van der Waals surface area (Å²) in [4.78, 5) is 14.6. The molecule has 1 N–H and O–H groups in total. The molecule has 0 aromatic heterocycles. The second kappa shape index (κ2) is 9.02. The first-order valence-electron chi connectivity index (χ1n) is 8.84. The minimum atomic E-state index is -0.204. The first-order chi connectivity index (χ1) is 11.1. The zero-order chi connectivity index (χ0) is 16.7. The van der Waals surface area contributed by atoms with Gasteiger partial charge in [0.15, 0.2) is 0 Å². The molecule has 0 saturated carbocycles. The highest BCUT2D eigenvalue weighted by Gasteiger charge is 2.25. The van der Waals surface area contributed by atoms with Crippen molar-refractivity contribution in [1.29, 1.82) is 0 Å². The highest BCUT2D eigenvalue weighted by Crippen LogP contribution is 2.20. The summed E-state index contributed by atoms with van der Waals surface area (Å²) in [5.41, 5.74) is 0.967. The van der Waals surface area contributed by atoms with Crippen LogP contribution in [0.3, 0.4) is 0 Å². The van der Waals surface area contributed by atoms with E-state index in [0.29, 0.717) is 5.92 Å². The van der Waals surface area contributed by atoms with Crippen LogP contribution in [-0.4, -0.2) is 37.0 Å². The van der Waals surface area contributed by atoms with Crippen LogP contribution in [0.25, 0.3) is 0 Å². The predicted octanol–water partition coefficient (Wildman–Crippen LogP) is 3.24. The predicted molar refractivity (Wildman–Crippen MR) is 91.7 cm³/mol. The molecule has 0 radical (unpaired) electrons. The summed E-state index contributed by atoms with van der Waals surface area (Å²) >= 11 is 0. The number of rotatable bonds is 7. The second-order valence-corrected chi connectivity index (χ2v) is 6.65. The Labute approximate surface area is 139 Å². The van der Waals surface area contributed by atoms with Crippen molar-refractivity contribution >= 4 is 5.91 Å². The number of carbonyl (C=O) groups excluding carboxylic acids is 1. The van der Waals surface area contributed by atoms with Crippen LogP contribution in [0.15, 0.2) is 24.3 Å². The van der Waals surface area contributed by atoms with E-state index in [1.807, 2.05) is 17.9 Å². The van der Waals surface area contributed by atoms with Gasteiger partial charge in [-0.15, -0.1) is 0 Å². The van der Waals surface area contributed by atoms with Crippen LogP contribution >= 0.6 is 0 Å². The normalized spacial score (nSPS) is 17.3. The molecule has 1 fully saturated rings. The molecular weight excluding hydrogens is 291 g/mol. The van der Waals surface area contributed by atoms with Crippen LogP contribution < -0.4 is 5.32 Å². The van der Waals surface area contributed by atoms with Crippen molar-refractivity contribution in [3.8, 4) is 0 Å². The van der Waals surface area contributed by atoms with Crippen LogP contribution in [0, 0.1) is 17.7 Å². The molecule has 2 rings (SSSR count). The van der Waals surface area contributed by atoms with Crippen LogP contribution in [0.4, 0.5) is 4.39 Å². The molecule has 0 spiro atoms. The third kappa shape index (κ3) is 5.61. The molecule has 1 amide bonds. The minimum absolute atomic E-state index is 0.00332. The zero-order valence-electron chi connectivity index (χ0n) is 14.4. The van der Waals surface area contributed by atoms with Gasteiger partial charge in [-0.1, -0.05) is 26.0 Å². The maximum atomic E-state index is 13.2. The van der Waals surface area contributed by atoms with Crippen molar-refractivity contribution < 1.29 is 9.18 Å². The number of hydrogen-bond donors (Lipinski definition) is 1. The van der Waals surface area contributed by atoms with Crippen molar-refractivity contribution in [2.45, 2.75) is 39.5 Å². The lowest BCUT2D eigenvalue weighted by atomic mass is 9.94. The van der Waals surface area contributed by atoms with Crippen LogP contribution in [0.1, 0.15) is 38.7 Å². The molecule has 1 aromatic rings. The summed E-state index contributed by atoms with van der Waals surface area (Å²) in [6.07, 6.45) is 3.71. The Hall–Kier alpha value is -1.42. The van der Waals surface area contributed by atoms with Gasteiger partial charge in [0.1, 0.15) is 5.82 Å². The molecule has 1 saturated heterocycles. The fourth-order valence-electron chi connectivity index (χ4n) is 3.22. The summed E-state index contributed by atoms with van der Waals surface area (Å²) in [6.45, 7) is 7.94. The molecule has 0 bridgehead atoms. The first-order valence-corrected chi connectivity index (χ1v) is 8.84. The van der Waals surface area contributed by atoms with E-state index in [4.69, 9.17) is 0 Å². The molecule has 4 heteroatoms. The summed E-state index contributed by atoms with van der Waals surface area (Å²) in [5.74, 6) is 0.748. The topological polar surface area (TPSA) is 32.3 Å². The number of halogens is 1. The van der Waals surface area contributed by atoms with E-state index in [-0.39, 0.29) is 17.6 Å². The third-order valence-electron chi connectivity index (χ3n) is 4.79. The van der Waals surface area contributed by atoms with Gasteiger partial charge in [-0.3, -0.25) is 4.79 Å². The number of hydrogen-bond acceptors (Lipinski definition) is 2. The number of nitrogens with zero attached hydrogens (tertiary/aromatic N) is 1. The van der Waals surface area contributed by atoms with E-state index in [2.05, 4.69) is 12.2 Å². The van der Waals surface area contributed by atoms with E-state index in [1.165, 1.54) is 6.07 Å². The van der Waals surface area contributed by atoms with E-state index < -0.39 is 0 Å². The fourth-order valence-corrected chi connectivity index (χ4v) is 3.22. The van der Waals surface area contributed by atoms with Crippen molar-refractivity contribution in [2.75, 3.05) is 26.2 Å². The first kappa shape index (κ1) is 17.9. The number of piperidine rings is 1. The SMILES string of the molecule is CCNCC1CCN(C(=O)C(C)CCc2cccc(F)c2)CC1. The Morgan fingerprint density at radius 2 is 2.13 bits per heavy atom. The number of nitrogens with one attached hydrogen (secondary N) is 1. The lowest BCUT2D eigenvalue weighted by Gasteiger charge is -2.33. The van der Waals surface area contributed by atoms with Gasteiger partial charge < -0.3 is 10.2 Å². The lowest BCUT2D eigenvalue weighted by Crippen LogP contribution is -2.43. The summed E-state index contributed by atoms with van der Waals surface area (Å²) in [7, 11) is 0. The molecule has 3 nitrogen and oxygen atoms in total. The largest absolute Gasteiger partial charge is 0.342 e. The molecule has 1 heterocycles. The summed E-state index contributed by atoms with van der Waals surface area (Å²) in [5, 5.41) is 3.39. The monoisotopic (exact) mass is 320 g/mol. The lowest BCUT2D eigenvalue weighted by molar-refractivity contribution is -0.136. The van der Waals surface area contributed by atoms with E-state index in [1.54, 1.807) is 12.1 Å². The highest BCUT2D eigenvalue weighted by atomic mass is 19.1. The third-order valence-corrected chi connectivity index (χ3v) is 4.79. The van der Waals surface area contributed by atoms with Crippen LogP contribution in [-0.2, 0) is 11.2 Å². The van der Waals surface area contributed by atoms with Crippen molar-refractivity contribution in [1.82, 2.24) is 10.2 Å². The quantitative estimate of drug-likeness (QED) is 0.836. The maximum Gasteiger partial charge on any atom is 0.225 e. The average Bonchev–Trinajstić information content (AvgIpc) is 2.57. The van der Waals surface area contributed by atoms with Gasteiger partial charge in [0.2, 0.25) is 5.91 Å². The molecule has 1 aliphatic heterocycles. The number of likely N-dealkylation sites (tertiary alicyclic amines) is 1. The molecule has 1 aliphatic rings. The van der Waals surface area contributed by atoms with E-state index in [0.717, 1.165) is 57.4 Å². The fraction of sp³-hybridized carbons (Fsp3) is 0.632. The van der Waals surface area contributed by atoms with Gasteiger partial charge in [0.25, 0.3) is 0 Å². The number of carbonyl (C=O) groups is 1. The number of aryl methyl sites for hydroxylation is 1. The van der Waals surface area contributed by atoms with Gasteiger partial charge in [-0.05, 0) is 62.4 Å². The Bertz CT molecular complexity index is 498. The van der Waals surface area contributed by atoms with Gasteiger partial charge in [-0.25, -0.2) is 4.39 Å². The average molecular weight is 320 g/mol. The highest BCUT2D eigenvalue weighted by molar-refractivity contribution is 5.78. The number of benzene rings is 1. The Balaban J connectivity index is 1.75. The summed E-state index contributed by atoms with van der Waals surface area (Å²) in [6, 6.07) is 6.66. The Kier molecular flexibility index (Phi) is 7.03. The van der Waals surface area contributed by atoms with E-state index >= 15 is 0 Å². The van der Waals surface area contributed by atoms with Gasteiger partial charge in [-0.2, -0.15) is 0 Å². The second-order valence-electron chi connectivity index (χ2n) is 6.65. The molecule has 1 atom stereocenters. The Morgan fingerprint density at radius 1 is 1.39 bits per heavy atom. The number of amides is 1. The molecule has 1 unspecified atom stereocenters. The van der Waals surface area contributed by atoms with Gasteiger partial charge in [0, 0.05) is 19.0 Å². The Morgan fingerprint density at radius 3 is 2.78 bits per heavy atom. The van der Waals surface area contributed by atoms with Gasteiger partial charge in [0.05, 0.1) is 0 Å². The maximum absolute atomic E-state index is 13.2. The van der Waals surface area contributed by atoms with Crippen LogP contribution in [0.5, 0.6) is 0 Å². The molecule has 128 valence electrons. The smallest absolute Gasteiger partial charge is 0.225 e. The van der Waals surface area contributed by atoms with Gasteiger partial charge >= 0.3 is 0 Å².